The summed E-state index contributed by atoms with van der Waals surface area (Å²) in [6.07, 6.45) is 5.78. The number of esters is 1. The number of carbonyl (C=O) groups is 2. The Hall–Kier alpha value is -3.29. The highest BCUT2D eigenvalue weighted by atomic mass is 19.1. The number of anilines is 1. The minimum absolute atomic E-state index is 0.267. The molecule has 1 aromatic carbocycles. The highest BCUT2D eigenvalue weighted by Crippen LogP contribution is 2.10. The normalized spacial score (nSPS) is 14.4. The fourth-order valence-corrected chi connectivity index (χ4v) is 2.65. The van der Waals surface area contributed by atoms with Gasteiger partial charge in [-0.15, -0.1) is 0 Å². The van der Waals surface area contributed by atoms with Crippen LogP contribution < -0.4 is 4.90 Å². The lowest BCUT2D eigenvalue weighted by Gasteiger charge is -2.34. The monoisotopic (exact) mass is 370 g/mol. The number of hydrogen-bond donors (Lipinski definition) is 0. The van der Waals surface area contributed by atoms with Crippen LogP contribution in [0.1, 0.15) is 5.56 Å². The Morgan fingerprint density at radius 3 is 2.48 bits per heavy atom. The van der Waals surface area contributed by atoms with Gasteiger partial charge >= 0.3 is 5.97 Å². The molecule has 0 bridgehead atoms. The third kappa shape index (κ3) is 5.10. The maximum Gasteiger partial charge on any atom is 0.331 e. The summed E-state index contributed by atoms with van der Waals surface area (Å²) < 4.78 is 18.4. The molecule has 0 radical (unpaired) electrons. The van der Waals surface area contributed by atoms with E-state index in [1.807, 2.05) is 4.90 Å². The number of benzene rings is 1. The number of rotatable bonds is 5. The molecule has 1 amide bonds. The van der Waals surface area contributed by atoms with Crippen LogP contribution in [0.3, 0.4) is 0 Å². The van der Waals surface area contributed by atoms with Crippen molar-refractivity contribution in [2.24, 2.45) is 0 Å². The zero-order valence-corrected chi connectivity index (χ0v) is 14.6. The van der Waals surface area contributed by atoms with Gasteiger partial charge in [0.15, 0.2) is 6.61 Å². The summed E-state index contributed by atoms with van der Waals surface area (Å²) in [5.41, 5.74) is 0.278. The fraction of sp³-hybridized carbons (Fsp3) is 0.263. The SMILES string of the molecule is O=C(/C=C/c1ccccc1F)OCC(=O)N1CCN(c2ncccn2)CC1. The fourth-order valence-electron chi connectivity index (χ4n) is 2.65. The van der Waals surface area contributed by atoms with Crippen molar-refractivity contribution >= 4 is 23.9 Å². The number of carbonyl (C=O) groups excluding carboxylic acids is 2. The zero-order chi connectivity index (χ0) is 19.1. The molecule has 0 aliphatic carbocycles. The number of hydrogen-bond acceptors (Lipinski definition) is 6. The van der Waals surface area contributed by atoms with E-state index in [1.165, 1.54) is 12.1 Å². The predicted molar refractivity (Wildman–Crippen MR) is 97.2 cm³/mol. The van der Waals surface area contributed by atoms with Crippen molar-refractivity contribution in [3.63, 3.8) is 0 Å². The number of aromatic nitrogens is 2. The second kappa shape index (κ2) is 8.88. The van der Waals surface area contributed by atoms with Crippen molar-refractivity contribution in [2.45, 2.75) is 0 Å². The van der Waals surface area contributed by atoms with Crippen molar-refractivity contribution in [2.75, 3.05) is 37.7 Å². The van der Waals surface area contributed by atoms with E-state index in [-0.39, 0.29) is 18.1 Å². The van der Waals surface area contributed by atoms with Crippen molar-refractivity contribution in [3.05, 3.63) is 60.2 Å². The Balaban J connectivity index is 1.43. The van der Waals surface area contributed by atoms with Gasteiger partial charge in [-0.25, -0.2) is 19.2 Å². The van der Waals surface area contributed by atoms with Gasteiger partial charge in [-0.3, -0.25) is 4.79 Å². The topological polar surface area (TPSA) is 75.6 Å². The number of halogens is 1. The van der Waals surface area contributed by atoms with Crippen molar-refractivity contribution in [1.29, 1.82) is 0 Å². The lowest BCUT2D eigenvalue weighted by molar-refractivity contribution is -0.148. The molecule has 27 heavy (non-hydrogen) atoms. The van der Waals surface area contributed by atoms with Crippen LogP contribution >= 0.6 is 0 Å². The summed E-state index contributed by atoms with van der Waals surface area (Å²) in [5.74, 6) is -0.758. The van der Waals surface area contributed by atoms with E-state index >= 15 is 0 Å². The van der Waals surface area contributed by atoms with Crippen LogP contribution in [0.15, 0.2) is 48.8 Å². The van der Waals surface area contributed by atoms with Crippen LogP contribution in [0.5, 0.6) is 0 Å². The van der Waals surface area contributed by atoms with E-state index in [9.17, 15) is 14.0 Å². The Morgan fingerprint density at radius 2 is 1.78 bits per heavy atom. The highest BCUT2D eigenvalue weighted by Gasteiger charge is 2.22. The van der Waals surface area contributed by atoms with Gasteiger partial charge < -0.3 is 14.5 Å². The van der Waals surface area contributed by atoms with E-state index in [4.69, 9.17) is 4.74 Å². The summed E-state index contributed by atoms with van der Waals surface area (Å²) in [6, 6.07) is 7.82. The minimum Gasteiger partial charge on any atom is -0.452 e. The molecule has 1 aliphatic heterocycles. The third-order valence-electron chi connectivity index (χ3n) is 4.11. The first-order chi connectivity index (χ1) is 13.1. The summed E-state index contributed by atoms with van der Waals surface area (Å²) in [6.45, 7) is 1.87. The van der Waals surface area contributed by atoms with Gasteiger partial charge in [0, 0.05) is 50.2 Å². The number of piperazine rings is 1. The summed E-state index contributed by atoms with van der Waals surface area (Å²) in [7, 11) is 0. The third-order valence-corrected chi connectivity index (χ3v) is 4.11. The van der Waals surface area contributed by atoms with Crippen LogP contribution in [0.4, 0.5) is 10.3 Å². The van der Waals surface area contributed by atoms with Crippen molar-refractivity contribution < 1.29 is 18.7 Å². The standard InChI is InChI=1S/C19H19FN4O3/c20-16-5-2-1-4-15(16)6-7-18(26)27-14-17(25)23-10-12-24(13-11-23)19-21-8-3-9-22-19/h1-9H,10-14H2/b7-6+. The predicted octanol–water partition coefficient (Wildman–Crippen LogP) is 1.52. The number of ether oxygens (including phenoxy) is 1. The van der Waals surface area contributed by atoms with Gasteiger partial charge in [0.25, 0.3) is 5.91 Å². The quantitative estimate of drug-likeness (QED) is 0.587. The van der Waals surface area contributed by atoms with Gasteiger partial charge in [-0.1, -0.05) is 18.2 Å². The van der Waals surface area contributed by atoms with Crippen molar-refractivity contribution in [3.8, 4) is 0 Å². The average molecular weight is 370 g/mol. The molecule has 8 heteroatoms. The molecule has 2 aromatic rings. The molecular formula is C19H19FN4O3. The molecule has 0 saturated carbocycles. The molecule has 0 atom stereocenters. The minimum atomic E-state index is -0.692. The molecule has 1 fully saturated rings. The lowest BCUT2D eigenvalue weighted by atomic mass is 10.2. The van der Waals surface area contributed by atoms with E-state index < -0.39 is 11.8 Å². The molecule has 3 rings (SSSR count). The van der Waals surface area contributed by atoms with Crippen LogP contribution in [0, 0.1) is 5.82 Å². The maximum absolute atomic E-state index is 13.5. The summed E-state index contributed by atoms with van der Waals surface area (Å²) in [5, 5.41) is 0. The van der Waals surface area contributed by atoms with Crippen LogP contribution in [-0.2, 0) is 14.3 Å². The first kappa shape index (κ1) is 18.5. The average Bonchev–Trinajstić information content (AvgIpc) is 2.72. The van der Waals surface area contributed by atoms with Gasteiger partial charge in [0.05, 0.1) is 0 Å². The summed E-state index contributed by atoms with van der Waals surface area (Å²) in [4.78, 5) is 35.9. The second-order valence-electron chi connectivity index (χ2n) is 5.88. The van der Waals surface area contributed by atoms with Gasteiger partial charge in [0.2, 0.25) is 5.95 Å². The first-order valence-electron chi connectivity index (χ1n) is 8.52. The van der Waals surface area contributed by atoms with Crippen LogP contribution in [0.25, 0.3) is 6.08 Å². The Kier molecular flexibility index (Phi) is 6.09. The lowest BCUT2D eigenvalue weighted by Crippen LogP contribution is -2.50. The van der Waals surface area contributed by atoms with E-state index in [2.05, 4.69) is 9.97 Å². The Morgan fingerprint density at radius 1 is 1.07 bits per heavy atom. The zero-order valence-electron chi connectivity index (χ0n) is 14.6. The van der Waals surface area contributed by atoms with Gasteiger partial charge in [0.1, 0.15) is 5.82 Å². The molecule has 0 unspecified atom stereocenters. The molecular weight excluding hydrogens is 351 g/mol. The van der Waals surface area contributed by atoms with E-state index in [0.29, 0.717) is 32.1 Å². The maximum atomic E-state index is 13.5. The molecule has 1 aromatic heterocycles. The molecule has 7 nitrogen and oxygen atoms in total. The second-order valence-corrected chi connectivity index (χ2v) is 5.88. The Bertz CT molecular complexity index is 821. The molecule has 2 heterocycles. The van der Waals surface area contributed by atoms with Crippen LogP contribution in [-0.4, -0.2) is 59.5 Å². The number of amides is 1. The molecule has 0 N–H and O–H groups in total. The molecule has 1 aliphatic rings. The Labute approximate surface area is 156 Å². The molecule has 140 valence electrons. The van der Waals surface area contributed by atoms with E-state index in [1.54, 1.807) is 41.6 Å². The van der Waals surface area contributed by atoms with E-state index in [0.717, 1.165) is 6.08 Å². The summed E-state index contributed by atoms with van der Waals surface area (Å²) >= 11 is 0. The highest BCUT2D eigenvalue weighted by molar-refractivity contribution is 5.89. The molecule has 0 spiro atoms. The number of nitrogens with zero attached hydrogens (tertiary/aromatic N) is 4. The van der Waals surface area contributed by atoms with Crippen molar-refractivity contribution in [1.82, 2.24) is 14.9 Å². The molecule has 1 saturated heterocycles. The first-order valence-corrected chi connectivity index (χ1v) is 8.52. The van der Waals surface area contributed by atoms with Gasteiger partial charge in [-0.05, 0) is 18.2 Å². The van der Waals surface area contributed by atoms with Crippen LogP contribution in [0.2, 0.25) is 0 Å². The largest absolute Gasteiger partial charge is 0.452 e. The van der Waals surface area contributed by atoms with Gasteiger partial charge in [-0.2, -0.15) is 0 Å². The smallest absolute Gasteiger partial charge is 0.331 e.